The van der Waals surface area contributed by atoms with Crippen molar-refractivity contribution < 1.29 is 15.0 Å². The predicted molar refractivity (Wildman–Crippen MR) is 72.9 cm³/mol. The molecule has 0 spiro atoms. The van der Waals surface area contributed by atoms with Gasteiger partial charge in [-0.25, -0.2) is 0 Å². The van der Waals surface area contributed by atoms with E-state index in [2.05, 4.69) is 0 Å². The van der Waals surface area contributed by atoms with Crippen LogP contribution in [-0.2, 0) is 4.79 Å². The molecule has 0 aromatic heterocycles. The number of nitriles is 1. The van der Waals surface area contributed by atoms with Crippen LogP contribution in [0.3, 0.4) is 0 Å². The summed E-state index contributed by atoms with van der Waals surface area (Å²) < 4.78 is 0. The van der Waals surface area contributed by atoms with Crippen LogP contribution in [0.2, 0.25) is 0 Å². The number of benzene rings is 1. The van der Waals surface area contributed by atoms with Crippen LogP contribution in [0.5, 0.6) is 0 Å². The molecular formula is C15H18N2O3. The Morgan fingerprint density at radius 2 is 2.15 bits per heavy atom. The topological polar surface area (TPSA) is 84.6 Å². The van der Waals surface area contributed by atoms with Crippen LogP contribution in [0.4, 0.5) is 0 Å². The molecule has 0 amide bonds. The van der Waals surface area contributed by atoms with Crippen LogP contribution in [0.15, 0.2) is 24.3 Å². The fourth-order valence-electron chi connectivity index (χ4n) is 2.55. The Kier molecular flexibility index (Phi) is 4.72. The molecule has 0 saturated carbocycles. The molecule has 1 heterocycles. The molecule has 20 heavy (non-hydrogen) atoms. The summed E-state index contributed by atoms with van der Waals surface area (Å²) in [4.78, 5) is 13.0. The standard InChI is InChI=1S/C15H18N2O3/c16-8-11-3-5-12(6-4-11)14(18)10-17-7-1-2-13(9-17)15(19)20/h3-6,13-14,18H,1-2,7,9-10H2,(H,19,20)/t13-,14-/m0/s1. The van der Waals surface area contributed by atoms with Gasteiger partial charge >= 0.3 is 5.97 Å². The molecule has 1 aromatic carbocycles. The number of hydrogen-bond donors (Lipinski definition) is 2. The lowest BCUT2D eigenvalue weighted by molar-refractivity contribution is -0.143. The van der Waals surface area contributed by atoms with Gasteiger partial charge in [0, 0.05) is 13.1 Å². The second kappa shape index (κ2) is 6.51. The van der Waals surface area contributed by atoms with Crippen LogP contribution < -0.4 is 0 Å². The van der Waals surface area contributed by atoms with Gasteiger partial charge in [0.05, 0.1) is 23.7 Å². The Balaban J connectivity index is 1.94. The van der Waals surface area contributed by atoms with Crippen molar-refractivity contribution in [3.05, 3.63) is 35.4 Å². The third-order valence-electron chi connectivity index (χ3n) is 3.71. The smallest absolute Gasteiger partial charge is 0.307 e. The summed E-state index contributed by atoms with van der Waals surface area (Å²) >= 11 is 0. The zero-order chi connectivity index (χ0) is 14.5. The van der Waals surface area contributed by atoms with Gasteiger partial charge in [-0.15, -0.1) is 0 Å². The molecule has 0 radical (unpaired) electrons. The van der Waals surface area contributed by atoms with Crippen molar-refractivity contribution in [2.75, 3.05) is 19.6 Å². The van der Waals surface area contributed by atoms with Crippen molar-refractivity contribution in [3.63, 3.8) is 0 Å². The highest BCUT2D eigenvalue weighted by molar-refractivity contribution is 5.70. The van der Waals surface area contributed by atoms with Crippen molar-refractivity contribution in [2.24, 2.45) is 5.92 Å². The van der Waals surface area contributed by atoms with Gasteiger partial charge in [0.2, 0.25) is 0 Å². The van der Waals surface area contributed by atoms with E-state index < -0.39 is 12.1 Å². The Morgan fingerprint density at radius 1 is 1.45 bits per heavy atom. The highest BCUT2D eigenvalue weighted by Gasteiger charge is 2.26. The van der Waals surface area contributed by atoms with Crippen molar-refractivity contribution in [1.82, 2.24) is 4.90 Å². The maximum Gasteiger partial charge on any atom is 0.307 e. The molecule has 5 nitrogen and oxygen atoms in total. The molecule has 2 rings (SSSR count). The number of carboxylic acids is 1. The minimum atomic E-state index is -0.762. The number of nitrogens with zero attached hydrogens (tertiary/aromatic N) is 2. The number of carboxylic acid groups (broad SMARTS) is 1. The summed E-state index contributed by atoms with van der Waals surface area (Å²) in [6.07, 6.45) is 0.894. The molecule has 1 aliphatic heterocycles. The number of aliphatic carboxylic acids is 1. The van der Waals surface area contributed by atoms with Crippen molar-refractivity contribution in [1.29, 1.82) is 5.26 Å². The van der Waals surface area contributed by atoms with Gasteiger partial charge in [0.1, 0.15) is 0 Å². The van der Waals surface area contributed by atoms with Crippen molar-refractivity contribution in [2.45, 2.75) is 18.9 Å². The number of hydrogen-bond acceptors (Lipinski definition) is 4. The summed E-state index contributed by atoms with van der Waals surface area (Å²) in [5.74, 6) is -1.10. The maximum absolute atomic E-state index is 11.0. The molecule has 0 aliphatic carbocycles. The van der Waals surface area contributed by atoms with E-state index in [0.29, 0.717) is 25.1 Å². The number of aliphatic hydroxyl groups is 1. The zero-order valence-electron chi connectivity index (χ0n) is 11.2. The van der Waals surface area contributed by atoms with Crippen molar-refractivity contribution in [3.8, 4) is 6.07 Å². The van der Waals surface area contributed by atoms with Crippen LogP contribution in [0.1, 0.15) is 30.1 Å². The first kappa shape index (κ1) is 14.5. The predicted octanol–water partition coefficient (Wildman–Crippen LogP) is 1.39. The van der Waals surface area contributed by atoms with Gasteiger partial charge in [-0.2, -0.15) is 5.26 Å². The molecule has 1 saturated heterocycles. The van der Waals surface area contributed by atoms with Gasteiger partial charge < -0.3 is 10.2 Å². The van der Waals surface area contributed by atoms with Gasteiger partial charge in [-0.3, -0.25) is 9.69 Å². The van der Waals surface area contributed by atoms with Gasteiger partial charge in [0.15, 0.2) is 0 Å². The van der Waals surface area contributed by atoms with E-state index in [-0.39, 0.29) is 5.92 Å². The Hall–Kier alpha value is -1.90. The van der Waals surface area contributed by atoms with E-state index in [4.69, 9.17) is 10.4 Å². The fraction of sp³-hybridized carbons (Fsp3) is 0.467. The lowest BCUT2D eigenvalue weighted by Gasteiger charge is -2.32. The largest absolute Gasteiger partial charge is 0.481 e. The van der Waals surface area contributed by atoms with Crippen LogP contribution >= 0.6 is 0 Å². The summed E-state index contributed by atoms with van der Waals surface area (Å²) in [5, 5.41) is 28.0. The number of aliphatic hydroxyl groups excluding tert-OH is 1. The lowest BCUT2D eigenvalue weighted by atomic mass is 9.97. The molecule has 2 atom stereocenters. The van der Waals surface area contributed by atoms with Crippen LogP contribution in [0.25, 0.3) is 0 Å². The van der Waals surface area contributed by atoms with E-state index in [9.17, 15) is 9.90 Å². The quantitative estimate of drug-likeness (QED) is 0.866. The van der Waals surface area contributed by atoms with E-state index in [1.807, 2.05) is 11.0 Å². The fourth-order valence-corrected chi connectivity index (χ4v) is 2.55. The number of carbonyl (C=O) groups is 1. The van der Waals surface area contributed by atoms with E-state index in [1.165, 1.54) is 0 Å². The average molecular weight is 274 g/mol. The molecule has 5 heteroatoms. The van der Waals surface area contributed by atoms with Gasteiger partial charge in [-0.1, -0.05) is 12.1 Å². The minimum absolute atomic E-state index is 0.336. The minimum Gasteiger partial charge on any atom is -0.481 e. The van der Waals surface area contributed by atoms with Crippen molar-refractivity contribution >= 4 is 5.97 Å². The molecule has 1 aromatic rings. The first-order valence-corrected chi connectivity index (χ1v) is 6.73. The molecular weight excluding hydrogens is 256 g/mol. The SMILES string of the molecule is N#Cc1ccc([C@@H](O)CN2CCC[C@H](C(=O)O)C2)cc1. The molecule has 0 bridgehead atoms. The zero-order valence-corrected chi connectivity index (χ0v) is 11.2. The second-order valence-electron chi connectivity index (χ2n) is 5.19. The van der Waals surface area contributed by atoms with Gasteiger partial charge in [0.25, 0.3) is 0 Å². The van der Waals surface area contributed by atoms with E-state index in [0.717, 1.165) is 18.5 Å². The summed E-state index contributed by atoms with van der Waals surface area (Å²) in [7, 11) is 0. The molecule has 1 aliphatic rings. The third-order valence-corrected chi connectivity index (χ3v) is 3.71. The maximum atomic E-state index is 11.0. The Morgan fingerprint density at radius 3 is 2.75 bits per heavy atom. The Labute approximate surface area is 118 Å². The van der Waals surface area contributed by atoms with Crippen LogP contribution in [0, 0.1) is 17.2 Å². The van der Waals surface area contributed by atoms with Crippen LogP contribution in [-0.4, -0.2) is 40.7 Å². The number of rotatable bonds is 4. The highest BCUT2D eigenvalue weighted by Crippen LogP contribution is 2.21. The Bertz CT molecular complexity index is 507. The molecule has 0 unspecified atom stereocenters. The number of β-amino-alcohol motifs (C(OH)–C–C–N with tert-alkyl or cyclic N) is 1. The summed E-state index contributed by atoms with van der Waals surface area (Å²) in [6, 6.07) is 8.86. The first-order valence-electron chi connectivity index (χ1n) is 6.73. The van der Waals surface area contributed by atoms with E-state index in [1.54, 1.807) is 24.3 Å². The van der Waals surface area contributed by atoms with E-state index >= 15 is 0 Å². The summed E-state index contributed by atoms with van der Waals surface area (Å²) in [6.45, 7) is 1.73. The van der Waals surface area contributed by atoms with Gasteiger partial charge in [-0.05, 0) is 37.1 Å². The lowest BCUT2D eigenvalue weighted by Crippen LogP contribution is -2.40. The average Bonchev–Trinajstić information content (AvgIpc) is 2.47. The highest BCUT2D eigenvalue weighted by atomic mass is 16.4. The summed E-state index contributed by atoms with van der Waals surface area (Å²) in [5.41, 5.74) is 1.31. The molecule has 106 valence electrons. The first-order chi connectivity index (χ1) is 9.60. The monoisotopic (exact) mass is 274 g/mol. The molecule has 1 fully saturated rings. The number of piperidine rings is 1. The molecule has 2 N–H and O–H groups in total. The third kappa shape index (κ3) is 3.56. The normalized spacial score (nSPS) is 21.1. The number of likely N-dealkylation sites (tertiary alicyclic amines) is 1. The second-order valence-corrected chi connectivity index (χ2v) is 5.19.